The molecule has 0 bridgehead atoms. The summed E-state index contributed by atoms with van der Waals surface area (Å²) in [6.07, 6.45) is 0.110. The van der Waals surface area contributed by atoms with Crippen LogP contribution in [0.2, 0.25) is 15.1 Å². The van der Waals surface area contributed by atoms with E-state index in [1.54, 1.807) is 0 Å². The molecule has 0 amide bonds. The number of hydrogen-bond donors (Lipinski definition) is 2. The summed E-state index contributed by atoms with van der Waals surface area (Å²) in [6.45, 7) is 21.9. The van der Waals surface area contributed by atoms with Crippen molar-refractivity contribution in [3.8, 4) is 0 Å². The zero-order valence-electron chi connectivity index (χ0n) is 17.2. The molecule has 0 aliphatic rings. The summed E-state index contributed by atoms with van der Waals surface area (Å²) in [7, 11) is -7.20. The fourth-order valence-electron chi connectivity index (χ4n) is 5.82. The third kappa shape index (κ3) is 4.74. The monoisotopic (exact) mass is 392 g/mol. The maximum absolute atomic E-state index is 12.5. The van der Waals surface area contributed by atoms with Gasteiger partial charge in [0.2, 0.25) is 0 Å². The largest absolute Gasteiger partial charge is 0.478 e. The van der Waals surface area contributed by atoms with Gasteiger partial charge in [-0.05, 0) is 28.0 Å². The minimum absolute atomic E-state index is 0.0340. The van der Waals surface area contributed by atoms with Gasteiger partial charge in [-0.15, -0.1) is 0 Å². The lowest BCUT2D eigenvalue weighted by Crippen LogP contribution is -2.68. The van der Waals surface area contributed by atoms with Crippen LogP contribution in [-0.4, -0.2) is 37.0 Å². The van der Waals surface area contributed by atoms with Crippen LogP contribution < -0.4 is 0 Å². The molecule has 1 unspecified atom stereocenters. The third-order valence-corrected chi connectivity index (χ3v) is 16.7. The summed E-state index contributed by atoms with van der Waals surface area (Å²) in [5.74, 6) is -1.14. The second-order valence-electron chi connectivity index (χ2n) is 10.0. The number of hydrogen-bond acceptors (Lipinski definition) is 3. The molecule has 0 aromatic rings. The first kappa shape index (κ1) is 24.3. The molecule has 1 atom stereocenters. The topological polar surface area (TPSA) is 91.7 Å². The Morgan fingerprint density at radius 3 is 1.48 bits per heavy atom. The first-order valence-electron chi connectivity index (χ1n) is 8.58. The van der Waals surface area contributed by atoms with E-state index in [2.05, 4.69) is 6.58 Å². The minimum Gasteiger partial charge on any atom is -0.478 e. The van der Waals surface area contributed by atoms with Gasteiger partial charge in [0.05, 0.1) is 12.9 Å². The van der Waals surface area contributed by atoms with Gasteiger partial charge in [0.15, 0.2) is 0 Å². The lowest BCUT2D eigenvalue weighted by atomic mass is 10.2. The van der Waals surface area contributed by atoms with Crippen LogP contribution in [-0.2, 0) is 14.9 Å². The van der Waals surface area contributed by atoms with Crippen molar-refractivity contribution in [1.29, 1.82) is 0 Å². The van der Waals surface area contributed by atoms with E-state index >= 15 is 0 Å². The van der Waals surface area contributed by atoms with Crippen molar-refractivity contribution < 1.29 is 22.9 Å². The molecule has 2 N–H and O–H groups in total. The smallest absolute Gasteiger partial charge is 0.330 e. The number of aliphatic carboxylic acids is 1. The molecule has 0 aromatic heterocycles. The lowest BCUT2D eigenvalue weighted by molar-refractivity contribution is -0.132. The van der Waals surface area contributed by atoms with Gasteiger partial charge in [0.25, 0.3) is 10.1 Å². The fraction of sp³-hybridized carbons (Fsp3) is 0.833. The average molecular weight is 393 g/mol. The first-order chi connectivity index (χ1) is 10.7. The van der Waals surface area contributed by atoms with Crippen LogP contribution in [0.25, 0.3) is 0 Å². The van der Waals surface area contributed by atoms with Crippen LogP contribution >= 0.6 is 0 Å². The molecule has 148 valence electrons. The highest BCUT2D eigenvalue weighted by Gasteiger charge is 2.66. The van der Waals surface area contributed by atoms with Gasteiger partial charge in [-0.25, -0.2) is 4.79 Å². The van der Waals surface area contributed by atoms with E-state index < -0.39 is 29.0 Å². The zero-order chi connectivity index (χ0) is 20.6. The quantitative estimate of drug-likeness (QED) is 0.375. The maximum atomic E-state index is 12.5. The lowest BCUT2D eigenvalue weighted by Gasteiger charge is -2.62. The normalized spacial score (nSPS) is 15.8. The Morgan fingerprint density at radius 1 is 0.960 bits per heavy atom. The number of carboxylic acids is 1. The summed E-state index contributed by atoms with van der Waals surface area (Å²) in [5.41, 5.74) is -0.0340. The Morgan fingerprint density at radius 2 is 1.28 bits per heavy atom. The average Bonchev–Trinajstić information content (AvgIpc) is 2.26. The van der Waals surface area contributed by atoms with E-state index in [0.29, 0.717) is 0 Å². The predicted molar refractivity (Wildman–Crippen MR) is 106 cm³/mol. The van der Waals surface area contributed by atoms with E-state index in [1.807, 2.05) is 62.3 Å². The van der Waals surface area contributed by atoms with Crippen molar-refractivity contribution in [1.82, 2.24) is 0 Å². The number of carbonyl (C=O) groups is 1. The van der Waals surface area contributed by atoms with Crippen LogP contribution in [0, 0.1) is 0 Å². The molecule has 0 rings (SSSR count). The molecular formula is C18H36O5SSi. The molecule has 0 radical (unpaired) electrons. The number of carboxylic acid groups (broad SMARTS) is 1. The molecule has 0 spiro atoms. The Balaban J connectivity index is 6.70. The summed E-state index contributed by atoms with van der Waals surface area (Å²) in [5, 5.41) is 8.06. The van der Waals surface area contributed by atoms with Gasteiger partial charge in [-0.2, -0.15) is 8.42 Å². The van der Waals surface area contributed by atoms with Crippen LogP contribution in [0.15, 0.2) is 12.2 Å². The Hall–Kier alpha value is -0.663. The van der Waals surface area contributed by atoms with Crippen LogP contribution in [0.4, 0.5) is 0 Å². The Labute approximate surface area is 154 Å². The first-order valence-corrected chi connectivity index (χ1v) is 12.2. The minimum atomic E-state index is -4.37. The molecule has 5 nitrogen and oxygen atoms in total. The molecule has 0 aromatic carbocycles. The molecule has 25 heavy (non-hydrogen) atoms. The third-order valence-electron chi connectivity index (χ3n) is 5.40. The Bertz CT molecular complexity index is 579. The van der Waals surface area contributed by atoms with Crippen molar-refractivity contribution in [2.24, 2.45) is 0 Å². The summed E-state index contributed by atoms with van der Waals surface area (Å²) in [4.78, 5) is 10.1. The molecule has 7 heteroatoms. The van der Waals surface area contributed by atoms with Crippen molar-refractivity contribution in [2.75, 3.05) is 0 Å². The van der Waals surface area contributed by atoms with Gasteiger partial charge in [-0.1, -0.05) is 68.9 Å². The second-order valence-corrected chi connectivity index (χ2v) is 18.8. The van der Waals surface area contributed by atoms with E-state index in [9.17, 15) is 17.8 Å². The molecule has 0 saturated carbocycles. The zero-order valence-corrected chi connectivity index (χ0v) is 19.0. The number of rotatable bonds is 6. The molecular weight excluding hydrogens is 356 g/mol. The van der Waals surface area contributed by atoms with Crippen molar-refractivity contribution in [3.63, 3.8) is 0 Å². The van der Waals surface area contributed by atoms with Crippen molar-refractivity contribution in [2.45, 2.75) is 95.1 Å². The fourth-order valence-corrected chi connectivity index (χ4v) is 21.4. The van der Waals surface area contributed by atoms with E-state index in [-0.39, 0.29) is 33.5 Å². The van der Waals surface area contributed by atoms with Crippen LogP contribution in [0.1, 0.15) is 75.2 Å². The highest BCUT2D eigenvalue weighted by atomic mass is 32.2. The summed E-state index contributed by atoms with van der Waals surface area (Å²) >= 11 is 0. The van der Waals surface area contributed by atoms with Crippen LogP contribution in [0.5, 0.6) is 0 Å². The maximum Gasteiger partial charge on any atom is 0.330 e. The predicted octanol–water partition coefficient (Wildman–Crippen LogP) is 5.05. The highest BCUT2D eigenvalue weighted by Crippen LogP contribution is 2.65. The standard InChI is InChI=1S/C18H36O5SSi/c1-13(15(19)20)11-12-14(24(21,22)23)25(16(2,3)4,17(5,6)7)18(8,9)10/h14H,1,11-12H2,2-10H3,(H,19,20)(H,21,22,23). The highest BCUT2D eigenvalue weighted by molar-refractivity contribution is 7.88. The van der Waals surface area contributed by atoms with E-state index in [1.165, 1.54) is 0 Å². The molecule has 0 aliphatic heterocycles. The van der Waals surface area contributed by atoms with Gasteiger partial charge < -0.3 is 5.11 Å². The SMILES string of the molecule is C=C(CCC([Si](C(C)(C)C)(C(C)(C)C)C(C)(C)C)S(=O)(=O)O)C(=O)O. The Kier molecular flexibility index (Phi) is 6.97. The van der Waals surface area contributed by atoms with Gasteiger partial charge >= 0.3 is 5.97 Å². The summed E-state index contributed by atoms with van der Waals surface area (Å²) < 4.78 is 35.2. The van der Waals surface area contributed by atoms with Gasteiger partial charge in [0.1, 0.15) is 0 Å². The molecule has 0 saturated heterocycles. The van der Waals surface area contributed by atoms with Crippen molar-refractivity contribution in [3.05, 3.63) is 12.2 Å². The van der Waals surface area contributed by atoms with E-state index in [0.717, 1.165) is 0 Å². The molecule has 0 heterocycles. The molecule has 0 fully saturated rings. The van der Waals surface area contributed by atoms with Gasteiger partial charge in [-0.3, -0.25) is 4.55 Å². The summed E-state index contributed by atoms with van der Waals surface area (Å²) in [6, 6.07) is 0. The second kappa shape index (κ2) is 7.16. The van der Waals surface area contributed by atoms with Crippen molar-refractivity contribution >= 4 is 24.2 Å². The van der Waals surface area contributed by atoms with E-state index in [4.69, 9.17) is 5.11 Å². The van der Waals surface area contributed by atoms with Gasteiger partial charge in [0, 0.05) is 5.57 Å². The van der Waals surface area contributed by atoms with Crippen LogP contribution in [0.3, 0.4) is 0 Å². The molecule has 0 aliphatic carbocycles.